The highest BCUT2D eigenvalue weighted by Crippen LogP contribution is 2.27. The first-order valence-electron chi connectivity index (χ1n) is 7.09. The number of nitrogens with zero attached hydrogens (tertiary/aromatic N) is 1. The van der Waals surface area contributed by atoms with Crippen LogP contribution in [0.3, 0.4) is 0 Å². The van der Waals surface area contributed by atoms with E-state index < -0.39 is 0 Å². The molecule has 1 atom stereocenters. The molecule has 4 heteroatoms. The summed E-state index contributed by atoms with van der Waals surface area (Å²) in [6.45, 7) is 2.91. The van der Waals surface area contributed by atoms with E-state index in [0.29, 0.717) is 6.04 Å². The second-order valence-corrected chi connectivity index (χ2v) is 5.38. The number of fused-ring (bicyclic) bond motifs is 1. The SMILES string of the molecule is Cc1cnccc1CNC1CCCc2[nH]c(=O)ccc21. The Kier molecular flexibility index (Phi) is 3.65. The molecule has 0 saturated carbocycles. The highest BCUT2D eigenvalue weighted by atomic mass is 16.1. The minimum absolute atomic E-state index is 0.00521. The molecular formula is C16H19N3O. The maximum absolute atomic E-state index is 11.4. The van der Waals surface area contributed by atoms with Crippen LogP contribution in [0.2, 0.25) is 0 Å². The fourth-order valence-electron chi connectivity index (χ4n) is 2.85. The van der Waals surface area contributed by atoms with Gasteiger partial charge in [-0.25, -0.2) is 0 Å². The first kappa shape index (κ1) is 13.1. The molecule has 0 amide bonds. The van der Waals surface area contributed by atoms with Crippen LogP contribution in [0.5, 0.6) is 0 Å². The number of H-pyrrole nitrogens is 1. The van der Waals surface area contributed by atoms with Crippen LogP contribution in [0.4, 0.5) is 0 Å². The maximum atomic E-state index is 11.4. The van der Waals surface area contributed by atoms with Gasteiger partial charge >= 0.3 is 0 Å². The lowest BCUT2D eigenvalue weighted by Gasteiger charge is -2.26. The molecule has 0 saturated heterocycles. The third-order valence-corrected chi connectivity index (χ3v) is 4.01. The lowest BCUT2D eigenvalue weighted by atomic mass is 9.91. The molecule has 2 N–H and O–H groups in total. The van der Waals surface area contributed by atoms with Crippen LogP contribution < -0.4 is 10.9 Å². The van der Waals surface area contributed by atoms with Gasteiger partial charge in [0.05, 0.1) is 0 Å². The van der Waals surface area contributed by atoms with E-state index in [4.69, 9.17) is 0 Å². The quantitative estimate of drug-likeness (QED) is 0.898. The van der Waals surface area contributed by atoms with Crippen molar-refractivity contribution in [1.29, 1.82) is 0 Å². The van der Waals surface area contributed by atoms with E-state index in [-0.39, 0.29) is 5.56 Å². The fourth-order valence-corrected chi connectivity index (χ4v) is 2.85. The summed E-state index contributed by atoms with van der Waals surface area (Å²) in [5.74, 6) is 0. The van der Waals surface area contributed by atoms with Gasteiger partial charge < -0.3 is 10.3 Å². The lowest BCUT2D eigenvalue weighted by molar-refractivity contribution is 0.453. The number of hydrogen-bond donors (Lipinski definition) is 2. The molecular weight excluding hydrogens is 250 g/mol. The zero-order chi connectivity index (χ0) is 13.9. The molecule has 0 spiro atoms. The highest BCUT2D eigenvalue weighted by Gasteiger charge is 2.20. The van der Waals surface area contributed by atoms with Crippen LogP contribution in [0.25, 0.3) is 0 Å². The van der Waals surface area contributed by atoms with E-state index in [9.17, 15) is 4.79 Å². The number of aromatic amines is 1. The van der Waals surface area contributed by atoms with Crippen molar-refractivity contribution in [2.24, 2.45) is 0 Å². The van der Waals surface area contributed by atoms with Crippen molar-refractivity contribution in [2.75, 3.05) is 0 Å². The van der Waals surface area contributed by atoms with Crippen molar-refractivity contribution in [3.05, 3.63) is 63.3 Å². The predicted molar refractivity (Wildman–Crippen MR) is 78.6 cm³/mol. The minimum atomic E-state index is -0.00521. The first-order chi connectivity index (χ1) is 9.74. The van der Waals surface area contributed by atoms with Crippen molar-refractivity contribution in [3.63, 3.8) is 0 Å². The molecule has 0 aliphatic heterocycles. The number of nitrogens with one attached hydrogen (secondary N) is 2. The molecule has 2 aromatic heterocycles. The van der Waals surface area contributed by atoms with Gasteiger partial charge in [0.2, 0.25) is 5.56 Å². The smallest absolute Gasteiger partial charge is 0.248 e. The predicted octanol–water partition coefficient (Wildman–Crippen LogP) is 2.25. The van der Waals surface area contributed by atoms with E-state index >= 15 is 0 Å². The maximum Gasteiger partial charge on any atom is 0.248 e. The van der Waals surface area contributed by atoms with Crippen LogP contribution in [-0.4, -0.2) is 9.97 Å². The highest BCUT2D eigenvalue weighted by molar-refractivity contribution is 5.27. The summed E-state index contributed by atoms with van der Waals surface area (Å²) in [4.78, 5) is 18.5. The van der Waals surface area contributed by atoms with E-state index in [1.54, 1.807) is 6.07 Å². The summed E-state index contributed by atoms with van der Waals surface area (Å²) in [6, 6.07) is 5.96. The van der Waals surface area contributed by atoms with Crippen LogP contribution in [-0.2, 0) is 13.0 Å². The summed E-state index contributed by atoms with van der Waals surface area (Å²) < 4.78 is 0. The third-order valence-electron chi connectivity index (χ3n) is 4.01. The Morgan fingerprint density at radius 1 is 1.40 bits per heavy atom. The molecule has 1 unspecified atom stereocenters. The van der Waals surface area contributed by atoms with Gasteiger partial charge in [-0.2, -0.15) is 0 Å². The molecule has 3 rings (SSSR count). The molecule has 1 aliphatic rings. The Morgan fingerprint density at radius 2 is 2.30 bits per heavy atom. The van der Waals surface area contributed by atoms with Gasteiger partial charge in [-0.15, -0.1) is 0 Å². The molecule has 0 fully saturated rings. The standard InChI is InChI=1S/C16H19N3O/c1-11-9-17-8-7-12(11)10-18-14-3-2-4-15-13(14)5-6-16(20)19-15/h5-9,14,18H,2-4,10H2,1H3,(H,19,20). The summed E-state index contributed by atoms with van der Waals surface area (Å²) >= 11 is 0. The van der Waals surface area contributed by atoms with Gasteiger partial charge in [0, 0.05) is 36.7 Å². The number of pyridine rings is 2. The van der Waals surface area contributed by atoms with Gasteiger partial charge in [0.15, 0.2) is 0 Å². The molecule has 0 radical (unpaired) electrons. The molecule has 20 heavy (non-hydrogen) atoms. The Hall–Kier alpha value is -1.94. The second-order valence-electron chi connectivity index (χ2n) is 5.38. The molecule has 104 valence electrons. The zero-order valence-electron chi connectivity index (χ0n) is 11.6. The monoisotopic (exact) mass is 269 g/mol. The van der Waals surface area contributed by atoms with Crippen LogP contribution >= 0.6 is 0 Å². The molecule has 2 heterocycles. The van der Waals surface area contributed by atoms with Crippen LogP contribution in [0.1, 0.15) is 41.3 Å². The van der Waals surface area contributed by atoms with Crippen molar-refractivity contribution in [1.82, 2.24) is 15.3 Å². The summed E-state index contributed by atoms with van der Waals surface area (Å²) in [6.07, 6.45) is 6.92. The topological polar surface area (TPSA) is 57.8 Å². The molecule has 1 aliphatic carbocycles. The Bertz CT molecular complexity index is 663. The van der Waals surface area contributed by atoms with Crippen molar-refractivity contribution >= 4 is 0 Å². The molecule has 0 bridgehead atoms. The van der Waals surface area contributed by atoms with Crippen molar-refractivity contribution < 1.29 is 0 Å². The van der Waals surface area contributed by atoms with E-state index in [1.165, 1.54) is 16.7 Å². The second kappa shape index (κ2) is 5.59. The van der Waals surface area contributed by atoms with Gasteiger partial charge in [-0.05, 0) is 48.9 Å². The summed E-state index contributed by atoms with van der Waals surface area (Å²) in [5, 5.41) is 3.60. The van der Waals surface area contributed by atoms with Gasteiger partial charge in [-0.3, -0.25) is 9.78 Å². The first-order valence-corrected chi connectivity index (χ1v) is 7.09. The normalized spacial score (nSPS) is 17.8. The average molecular weight is 269 g/mol. The minimum Gasteiger partial charge on any atom is -0.326 e. The van der Waals surface area contributed by atoms with E-state index in [1.807, 2.05) is 18.5 Å². The fraction of sp³-hybridized carbons (Fsp3) is 0.375. The van der Waals surface area contributed by atoms with Crippen molar-refractivity contribution in [3.8, 4) is 0 Å². The largest absolute Gasteiger partial charge is 0.326 e. The number of aromatic nitrogens is 2. The van der Waals surface area contributed by atoms with Crippen molar-refractivity contribution in [2.45, 2.75) is 38.8 Å². The van der Waals surface area contributed by atoms with E-state index in [0.717, 1.165) is 31.5 Å². The Labute approximate surface area is 118 Å². The summed E-state index contributed by atoms with van der Waals surface area (Å²) in [7, 11) is 0. The van der Waals surface area contributed by atoms with Gasteiger partial charge in [0.1, 0.15) is 0 Å². The van der Waals surface area contributed by atoms with Gasteiger partial charge in [0.25, 0.3) is 0 Å². The Balaban J connectivity index is 1.77. The molecule has 4 nitrogen and oxygen atoms in total. The molecule has 2 aromatic rings. The average Bonchev–Trinajstić information content (AvgIpc) is 2.46. The van der Waals surface area contributed by atoms with E-state index in [2.05, 4.69) is 28.3 Å². The van der Waals surface area contributed by atoms with Crippen LogP contribution in [0, 0.1) is 6.92 Å². The number of rotatable bonds is 3. The van der Waals surface area contributed by atoms with Gasteiger partial charge in [-0.1, -0.05) is 6.07 Å². The molecule has 0 aromatic carbocycles. The van der Waals surface area contributed by atoms with Crippen LogP contribution in [0.15, 0.2) is 35.4 Å². The Morgan fingerprint density at radius 3 is 3.15 bits per heavy atom. The number of aryl methyl sites for hydroxylation is 2. The summed E-state index contributed by atoms with van der Waals surface area (Å²) in [5.41, 5.74) is 4.80. The number of hydrogen-bond acceptors (Lipinski definition) is 3. The zero-order valence-corrected chi connectivity index (χ0v) is 11.6. The lowest BCUT2D eigenvalue weighted by Crippen LogP contribution is -2.27. The third kappa shape index (κ3) is 2.65.